The van der Waals surface area contributed by atoms with Crippen molar-refractivity contribution in [3.05, 3.63) is 70.8 Å². The Morgan fingerprint density at radius 3 is 2.57 bits per heavy atom. The van der Waals surface area contributed by atoms with E-state index in [2.05, 4.69) is 0 Å². The monoisotopic (exact) mass is 420 g/mol. The number of carbonyl (C=O) groups excluding carboxylic acids is 3. The zero-order chi connectivity index (χ0) is 21.3. The number of hydrogen-bond acceptors (Lipinski definition) is 5. The van der Waals surface area contributed by atoms with Crippen LogP contribution in [0.1, 0.15) is 18.1 Å². The van der Waals surface area contributed by atoms with Gasteiger partial charge in [0.25, 0.3) is 11.1 Å². The maximum atomic E-state index is 12.9. The van der Waals surface area contributed by atoms with Crippen LogP contribution < -0.4 is 4.90 Å². The highest BCUT2D eigenvalue weighted by atomic mass is 32.2. The lowest BCUT2D eigenvalue weighted by Gasteiger charge is -2.12. The van der Waals surface area contributed by atoms with Crippen molar-refractivity contribution in [2.24, 2.45) is 0 Å². The molecule has 0 atom stereocenters. The number of anilines is 1. The molecule has 7 heteroatoms. The second-order valence-corrected chi connectivity index (χ2v) is 7.88. The van der Waals surface area contributed by atoms with Crippen molar-refractivity contribution >= 4 is 51.5 Å². The van der Waals surface area contributed by atoms with Crippen LogP contribution in [-0.2, 0) is 20.9 Å². The minimum absolute atomic E-state index is 0.0764. The van der Waals surface area contributed by atoms with Gasteiger partial charge < -0.3 is 9.30 Å². The van der Waals surface area contributed by atoms with Gasteiger partial charge in [-0.3, -0.25) is 14.4 Å². The average molecular weight is 420 g/mol. The third-order valence-corrected chi connectivity index (χ3v) is 5.67. The molecule has 30 heavy (non-hydrogen) atoms. The lowest BCUT2D eigenvalue weighted by molar-refractivity contribution is -0.143. The molecule has 2 heterocycles. The molecule has 0 spiro atoms. The molecule has 2 amide bonds. The number of amides is 2. The van der Waals surface area contributed by atoms with Gasteiger partial charge >= 0.3 is 5.97 Å². The quantitative estimate of drug-likeness (QED) is 0.440. The van der Waals surface area contributed by atoms with E-state index >= 15 is 0 Å². The summed E-state index contributed by atoms with van der Waals surface area (Å²) in [5.41, 5.74) is 3.23. The standard InChI is InChI=1S/C23H20N2O4S/c1-3-29-21(26)14-24-13-16(18-6-4-5-7-19(18)24)12-20-22(27)25(23(28)30-20)17-10-8-15(2)9-11-17/h4-13H,3,14H2,1-2H3/b20-12-. The number of benzene rings is 2. The number of aryl methyl sites for hydroxylation is 1. The molecule has 0 saturated carbocycles. The molecule has 6 nitrogen and oxygen atoms in total. The molecule has 1 fully saturated rings. The summed E-state index contributed by atoms with van der Waals surface area (Å²) in [6.45, 7) is 4.11. The number of thioether (sulfide) groups is 1. The highest BCUT2D eigenvalue weighted by Crippen LogP contribution is 2.37. The van der Waals surface area contributed by atoms with E-state index in [1.165, 1.54) is 4.90 Å². The number of fused-ring (bicyclic) bond motifs is 1. The molecule has 1 aliphatic heterocycles. The predicted octanol–water partition coefficient (Wildman–Crippen LogP) is 4.75. The largest absolute Gasteiger partial charge is 0.465 e. The van der Waals surface area contributed by atoms with Crippen LogP contribution in [0.4, 0.5) is 10.5 Å². The topological polar surface area (TPSA) is 68.6 Å². The van der Waals surface area contributed by atoms with Crippen LogP contribution in [-0.4, -0.2) is 28.3 Å². The maximum Gasteiger partial charge on any atom is 0.325 e. The van der Waals surface area contributed by atoms with Crippen molar-refractivity contribution in [2.75, 3.05) is 11.5 Å². The zero-order valence-electron chi connectivity index (χ0n) is 16.6. The van der Waals surface area contributed by atoms with Crippen molar-refractivity contribution in [1.82, 2.24) is 4.57 Å². The second-order valence-electron chi connectivity index (χ2n) is 6.89. The van der Waals surface area contributed by atoms with E-state index in [0.717, 1.165) is 33.8 Å². The number of para-hydroxylation sites is 1. The summed E-state index contributed by atoms with van der Waals surface area (Å²) in [5, 5.41) is 0.564. The first-order valence-electron chi connectivity index (χ1n) is 9.56. The van der Waals surface area contributed by atoms with E-state index < -0.39 is 0 Å². The van der Waals surface area contributed by atoms with Gasteiger partial charge in [0, 0.05) is 22.7 Å². The van der Waals surface area contributed by atoms with Crippen LogP contribution in [0.25, 0.3) is 17.0 Å². The smallest absolute Gasteiger partial charge is 0.325 e. The fourth-order valence-corrected chi connectivity index (χ4v) is 4.22. The molecule has 0 radical (unpaired) electrons. The Balaban J connectivity index is 1.69. The Bertz CT molecular complexity index is 1180. The molecule has 3 aromatic rings. The fraction of sp³-hybridized carbons (Fsp3) is 0.174. The summed E-state index contributed by atoms with van der Waals surface area (Å²) in [7, 11) is 0. The number of esters is 1. The van der Waals surface area contributed by atoms with E-state index in [4.69, 9.17) is 4.74 Å². The first-order chi connectivity index (χ1) is 14.5. The van der Waals surface area contributed by atoms with Crippen LogP contribution in [0.2, 0.25) is 0 Å². The van der Waals surface area contributed by atoms with Gasteiger partial charge in [-0.15, -0.1) is 0 Å². The lowest BCUT2D eigenvalue weighted by atomic mass is 10.1. The minimum Gasteiger partial charge on any atom is -0.465 e. The van der Waals surface area contributed by atoms with E-state index in [0.29, 0.717) is 17.2 Å². The van der Waals surface area contributed by atoms with E-state index in [9.17, 15) is 14.4 Å². The Morgan fingerprint density at radius 1 is 1.10 bits per heavy atom. The molecule has 0 bridgehead atoms. The van der Waals surface area contributed by atoms with Crippen LogP contribution in [0.15, 0.2) is 59.6 Å². The average Bonchev–Trinajstić information content (AvgIpc) is 3.20. The predicted molar refractivity (Wildman–Crippen MR) is 118 cm³/mol. The van der Waals surface area contributed by atoms with Gasteiger partial charge in [-0.2, -0.15) is 0 Å². The van der Waals surface area contributed by atoms with Crippen molar-refractivity contribution in [2.45, 2.75) is 20.4 Å². The summed E-state index contributed by atoms with van der Waals surface area (Å²) in [6.07, 6.45) is 3.52. The van der Waals surface area contributed by atoms with E-state index in [1.54, 1.807) is 35.9 Å². The van der Waals surface area contributed by atoms with E-state index in [-0.39, 0.29) is 23.7 Å². The Morgan fingerprint density at radius 2 is 1.83 bits per heavy atom. The number of hydrogen-bond donors (Lipinski definition) is 0. The number of ether oxygens (including phenoxy) is 1. The van der Waals surface area contributed by atoms with Gasteiger partial charge in [0.2, 0.25) is 0 Å². The third kappa shape index (κ3) is 3.76. The molecule has 1 aromatic heterocycles. The van der Waals surface area contributed by atoms with E-state index in [1.807, 2.05) is 43.3 Å². The zero-order valence-corrected chi connectivity index (χ0v) is 17.4. The number of carbonyl (C=O) groups is 3. The number of rotatable bonds is 5. The summed E-state index contributed by atoms with van der Waals surface area (Å²) in [6, 6.07) is 14.9. The van der Waals surface area contributed by atoms with Gasteiger partial charge in [0.1, 0.15) is 6.54 Å². The molecule has 2 aromatic carbocycles. The van der Waals surface area contributed by atoms with Crippen LogP contribution >= 0.6 is 11.8 Å². The molecule has 0 aliphatic carbocycles. The van der Waals surface area contributed by atoms with Crippen LogP contribution in [0, 0.1) is 6.92 Å². The van der Waals surface area contributed by atoms with Crippen LogP contribution in [0.3, 0.4) is 0 Å². The first kappa shape index (κ1) is 20.0. The third-order valence-electron chi connectivity index (χ3n) is 4.80. The Labute approximate surface area is 178 Å². The van der Waals surface area contributed by atoms with Crippen LogP contribution in [0.5, 0.6) is 0 Å². The summed E-state index contributed by atoms with van der Waals surface area (Å²) in [5.74, 6) is -0.680. The molecule has 1 saturated heterocycles. The normalized spacial score (nSPS) is 15.4. The molecule has 1 aliphatic rings. The lowest BCUT2D eigenvalue weighted by Crippen LogP contribution is -2.27. The molecule has 4 rings (SSSR count). The first-order valence-corrected chi connectivity index (χ1v) is 10.4. The van der Waals surface area contributed by atoms with Crippen molar-refractivity contribution in [1.29, 1.82) is 0 Å². The molecule has 0 unspecified atom stereocenters. The number of aromatic nitrogens is 1. The SMILES string of the molecule is CCOC(=O)Cn1cc(/C=C2\SC(=O)N(c3ccc(C)cc3)C2=O)c2ccccc21. The number of nitrogens with zero attached hydrogens (tertiary/aromatic N) is 2. The molecular formula is C23H20N2O4S. The number of imide groups is 1. The van der Waals surface area contributed by atoms with Gasteiger partial charge in [-0.1, -0.05) is 35.9 Å². The molecule has 152 valence electrons. The van der Waals surface area contributed by atoms with Gasteiger partial charge in [0.15, 0.2) is 0 Å². The van der Waals surface area contributed by atoms with Gasteiger partial charge in [-0.25, -0.2) is 4.90 Å². The fourth-order valence-electron chi connectivity index (χ4n) is 3.39. The molecule has 0 N–H and O–H groups in total. The summed E-state index contributed by atoms with van der Waals surface area (Å²) < 4.78 is 6.85. The van der Waals surface area contributed by atoms with Crippen molar-refractivity contribution in [3.63, 3.8) is 0 Å². The summed E-state index contributed by atoms with van der Waals surface area (Å²) in [4.78, 5) is 39.0. The maximum absolute atomic E-state index is 12.9. The highest BCUT2D eigenvalue weighted by molar-refractivity contribution is 8.19. The molecular weight excluding hydrogens is 400 g/mol. The van der Waals surface area contributed by atoms with Gasteiger partial charge in [0.05, 0.1) is 17.2 Å². The van der Waals surface area contributed by atoms with Crippen molar-refractivity contribution in [3.8, 4) is 0 Å². The summed E-state index contributed by atoms with van der Waals surface area (Å²) >= 11 is 0.913. The van der Waals surface area contributed by atoms with Crippen molar-refractivity contribution < 1.29 is 19.1 Å². The highest BCUT2D eigenvalue weighted by Gasteiger charge is 2.36. The minimum atomic E-state index is -0.351. The Kier molecular flexibility index (Phi) is 5.46. The van der Waals surface area contributed by atoms with Gasteiger partial charge in [-0.05, 0) is 49.9 Å². The Hall–Kier alpha value is -3.32. The second kappa shape index (κ2) is 8.20.